The van der Waals surface area contributed by atoms with Gasteiger partial charge < -0.3 is 4.90 Å². The lowest BCUT2D eigenvalue weighted by molar-refractivity contribution is -0.120. The highest BCUT2D eigenvalue weighted by Gasteiger charge is 2.33. The molecule has 0 atom stereocenters. The highest BCUT2D eigenvalue weighted by atomic mass is 35.5. The molecule has 0 radical (unpaired) electrons. The molecular weight excluding hydrogens is 502 g/mol. The molecule has 4 rings (SSSR count). The summed E-state index contributed by atoms with van der Waals surface area (Å²) in [7, 11) is 0. The van der Waals surface area contributed by atoms with Gasteiger partial charge in [-0.1, -0.05) is 53.4 Å². The summed E-state index contributed by atoms with van der Waals surface area (Å²) < 4.78 is 3.35. The lowest BCUT2D eigenvalue weighted by Gasteiger charge is -2.17. The molecule has 0 unspecified atom stereocenters. The van der Waals surface area contributed by atoms with Gasteiger partial charge in [-0.2, -0.15) is 0 Å². The van der Waals surface area contributed by atoms with Gasteiger partial charge in [0.15, 0.2) is 0 Å². The zero-order chi connectivity index (χ0) is 23.0. The molecule has 10 heteroatoms. The first-order valence-electron chi connectivity index (χ1n) is 9.95. The van der Waals surface area contributed by atoms with E-state index in [0.717, 1.165) is 22.2 Å². The summed E-state index contributed by atoms with van der Waals surface area (Å²) in [4.78, 5) is 31.3. The molecule has 0 N–H and O–H groups in total. The van der Waals surface area contributed by atoms with E-state index in [0.29, 0.717) is 36.5 Å². The average Bonchev–Trinajstić information content (AvgIpc) is 3.38. The number of nitrogens with zero attached hydrogens (tertiary/aromatic N) is 3. The van der Waals surface area contributed by atoms with Crippen molar-refractivity contribution in [2.24, 2.45) is 0 Å². The molecule has 166 valence electrons. The second kappa shape index (κ2) is 9.61. The SMILES string of the molecule is C=CCN1C(=O)/C(=c2/s/c(=C/C=C3\Sc4ccc(Cl)cc4N3CC)c(=O)n2CC)SC1=S. The summed E-state index contributed by atoms with van der Waals surface area (Å²) in [5.41, 5.74) is 0.965. The van der Waals surface area contributed by atoms with Gasteiger partial charge in [-0.3, -0.25) is 19.1 Å². The number of thiazole rings is 1. The minimum atomic E-state index is -0.177. The Balaban J connectivity index is 1.79. The minimum absolute atomic E-state index is 0.107. The molecule has 1 fully saturated rings. The van der Waals surface area contributed by atoms with Crippen molar-refractivity contribution in [3.63, 3.8) is 0 Å². The third kappa shape index (κ3) is 4.12. The fraction of sp³-hybridized carbons (Fsp3) is 0.227. The van der Waals surface area contributed by atoms with Crippen LogP contribution in [0.4, 0.5) is 5.69 Å². The molecule has 32 heavy (non-hydrogen) atoms. The van der Waals surface area contributed by atoms with E-state index in [1.807, 2.05) is 37.3 Å². The number of carbonyl (C=O) groups is 1. The van der Waals surface area contributed by atoms with Crippen LogP contribution in [0.25, 0.3) is 11.0 Å². The number of allylic oxidation sites excluding steroid dienone is 1. The van der Waals surface area contributed by atoms with Crippen molar-refractivity contribution in [1.82, 2.24) is 9.47 Å². The van der Waals surface area contributed by atoms with Gasteiger partial charge in [0, 0.05) is 29.6 Å². The Kier molecular flexibility index (Phi) is 7.02. The Morgan fingerprint density at radius 1 is 1.12 bits per heavy atom. The quantitative estimate of drug-likeness (QED) is 0.438. The molecule has 0 bridgehead atoms. The summed E-state index contributed by atoms with van der Waals surface area (Å²) in [6.45, 7) is 9.28. The molecular formula is C22H20ClN3O2S4. The van der Waals surface area contributed by atoms with Crippen LogP contribution in [0.15, 0.2) is 51.6 Å². The zero-order valence-electron chi connectivity index (χ0n) is 17.5. The Labute approximate surface area is 208 Å². The van der Waals surface area contributed by atoms with E-state index in [9.17, 15) is 9.59 Å². The average molecular weight is 522 g/mol. The summed E-state index contributed by atoms with van der Waals surface area (Å²) >= 11 is 15.7. The third-order valence-electron chi connectivity index (χ3n) is 4.96. The Bertz CT molecular complexity index is 1340. The summed E-state index contributed by atoms with van der Waals surface area (Å²) in [5, 5.41) is 1.72. The Morgan fingerprint density at radius 2 is 1.91 bits per heavy atom. The smallest absolute Gasteiger partial charge is 0.269 e. The number of thioether (sulfide) groups is 2. The van der Waals surface area contributed by atoms with Crippen LogP contribution in [0, 0.1) is 0 Å². The van der Waals surface area contributed by atoms with Gasteiger partial charge in [0.05, 0.1) is 15.2 Å². The third-order valence-corrected chi connectivity index (χ3v) is 9.05. The van der Waals surface area contributed by atoms with E-state index in [4.69, 9.17) is 23.8 Å². The number of hydrogen-bond acceptors (Lipinski definition) is 7. The maximum Gasteiger partial charge on any atom is 0.269 e. The number of fused-ring (bicyclic) bond motifs is 1. The number of anilines is 1. The van der Waals surface area contributed by atoms with E-state index < -0.39 is 0 Å². The fourth-order valence-corrected chi connectivity index (χ4v) is 7.29. The van der Waals surface area contributed by atoms with Crippen LogP contribution in [-0.4, -0.2) is 32.8 Å². The van der Waals surface area contributed by atoms with Gasteiger partial charge in [0.2, 0.25) is 0 Å². The van der Waals surface area contributed by atoms with Crippen molar-refractivity contribution in [3.8, 4) is 0 Å². The number of hydrogen-bond donors (Lipinski definition) is 0. The molecule has 1 aromatic carbocycles. The molecule has 0 aliphatic carbocycles. The molecule has 5 nitrogen and oxygen atoms in total. The number of benzene rings is 1. The van der Waals surface area contributed by atoms with Crippen molar-refractivity contribution in [2.45, 2.75) is 25.3 Å². The van der Waals surface area contributed by atoms with E-state index in [-0.39, 0.29) is 11.5 Å². The molecule has 0 spiro atoms. The van der Waals surface area contributed by atoms with E-state index >= 15 is 0 Å². The van der Waals surface area contributed by atoms with Crippen LogP contribution in [0.2, 0.25) is 5.02 Å². The van der Waals surface area contributed by atoms with Crippen LogP contribution in [0.5, 0.6) is 0 Å². The van der Waals surface area contributed by atoms with Gasteiger partial charge in [-0.25, -0.2) is 0 Å². The standard InChI is InChI=1S/C22H20ClN3O2S4/c1-4-11-26-20(28)18(32-22(26)29)21-25(6-3)19(27)16(31-21)9-10-17-24(5-2)14-12-13(23)7-8-15(14)30-17/h4,7-10,12H,1,5-6,11H2,2-3H3/b16-9+,17-10-,21-18-. The predicted octanol–water partition coefficient (Wildman–Crippen LogP) is 3.99. The van der Waals surface area contributed by atoms with Crippen molar-refractivity contribution in [1.29, 1.82) is 0 Å². The van der Waals surface area contributed by atoms with E-state index in [2.05, 4.69) is 18.4 Å². The lowest BCUT2D eigenvalue weighted by Crippen LogP contribution is -2.33. The molecule has 1 amide bonds. The molecule has 2 aliphatic rings. The van der Waals surface area contributed by atoms with Crippen LogP contribution < -0.4 is 19.7 Å². The van der Waals surface area contributed by atoms with Crippen molar-refractivity contribution < 1.29 is 4.79 Å². The maximum absolute atomic E-state index is 13.1. The number of amides is 1. The second-order valence-corrected chi connectivity index (χ2v) is 11.0. The number of aromatic nitrogens is 1. The zero-order valence-corrected chi connectivity index (χ0v) is 21.5. The van der Waals surface area contributed by atoms with E-state index in [1.165, 1.54) is 28.0 Å². The van der Waals surface area contributed by atoms with Crippen LogP contribution in [0.1, 0.15) is 13.8 Å². The van der Waals surface area contributed by atoms with Gasteiger partial charge in [0.25, 0.3) is 11.5 Å². The molecule has 0 saturated carbocycles. The maximum atomic E-state index is 13.1. The second-order valence-electron chi connectivity index (χ2n) is 6.85. The summed E-state index contributed by atoms with van der Waals surface area (Å²) in [6, 6.07) is 5.85. The van der Waals surface area contributed by atoms with Crippen LogP contribution in [0.3, 0.4) is 0 Å². The van der Waals surface area contributed by atoms with Gasteiger partial charge in [0.1, 0.15) is 13.9 Å². The van der Waals surface area contributed by atoms with E-state index in [1.54, 1.807) is 22.4 Å². The largest absolute Gasteiger partial charge is 0.335 e. The molecule has 2 aliphatic heterocycles. The molecule has 3 heterocycles. The number of thiocarbonyl (C=S) groups is 1. The predicted molar refractivity (Wildman–Crippen MR) is 142 cm³/mol. The summed E-state index contributed by atoms with van der Waals surface area (Å²) in [6.07, 6.45) is 5.44. The minimum Gasteiger partial charge on any atom is -0.335 e. The van der Waals surface area contributed by atoms with Gasteiger partial charge in [-0.15, -0.1) is 17.9 Å². The molecule has 2 aromatic rings. The lowest BCUT2D eigenvalue weighted by atomic mass is 10.3. The molecule has 1 aromatic heterocycles. The highest BCUT2D eigenvalue weighted by Crippen LogP contribution is 2.46. The first-order valence-corrected chi connectivity index (χ1v) is 13.2. The Morgan fingerprint density at radius 3 is 2.59 bits per heavy atom. The van der Waals surface area contributed by atoms with Crippen LogP contribution >= 0.6 is 58.7 Å². The summed E-state index contributed by atoms with van der Waals surface area (Å²) in [5.74, 6) is -0.177. The fourth-order valence-electron chi connectivity index (χ4n) is 3.47. The van der Waals surface area contributed by atoms with Crippen LogP contribution in [-0.2, 0) is 11.3 Å². The normalized spacial score (nSPS) is 19.5. The van der Waals surface area contributed by atoms with Gasteiger partial charge >= 0.3 is 0 Å². The number of halogens is 1. The van der Waals surface area contributed by atoms with Crippen molar-refractivity contribution in [3.05, 3.63) is 66.5 Å². The monoisotopic (exact) mass is 521 g/mol. The first-order chi connectivity index (χ1) is 15.4. The number of rotatable bonds is 5. The highest BCUT2D eigenvalue weighted by molar-refractivity contribution is 8.30. The number of carbonyl (C=O) groups excluding carboxylic acids is 1. The Hall–Kier alpha value is -1.78. The van der Waals surface area contributed by atoms with Gasteiger partial charge in [-0.05, 0) is 44.2 Å². The topological polar surface area (TPSA) is 45.6 Å². The molecule has 1 saturated heterocycles. The van der Waals surface area contributed by atoms with Crippen molar-refractivity contribution in [2.75, 3.05) is 18.0 Å². The van der Waals surface area contributed by atoms with Crippen molar-refractivity contribution >= 4 is 85.6 Å². The first kappa shape index (κ1) is 23.4.